The summed E-state index contributed by atoms with van der Waals surface area (Å²) >= 11 is 0. The zero-order valence-electron chi connectivity index (χ0n) is 11.1. The highest BCUT2D eigenvalue weighted by atomic mass is 19.1. The van der Waals surface area contributed by atoms with E-state index in [-0.39, 0.29) is 5.82 Å². The zero-order valence-corrected chi connectivity index (χ0v) is 11.1. The smallest absolute Gasteiger partial charge is 0.126 e. The van der Waals surface area contributed by atoms with Crippen LogP contribution in [0.4, 0.5) is 4.39 Å². The van der Waals surface area contributed by atoms with Crippen LogP contribution in [0.2, 0.25) is 0 Å². The molecule has 0 aromatic heterocycles. The molecule has 100 valence electrons. The maximum atomic E-state index is 13.5. The molecule has 2 aromatic rings. The fourth-order valence-electron chi connectivity index (χ4n) is 2.22. The van der Waals surface area contributed by atoms with E-state index in [0.717, 1.165) is 6.42 Å². The summed E-state index contributed by atoms with van der Waals surface area (Å²) in [5.41, 5.74) is 3.02. The highest BCUT2D eigenvalue weighted by Crippen LogP contribution is 2.13. The van der Waals surface area contributed by atoms with Crippen molar-refractivity contribution in [3.8, 4) is 0 Å². The maximum absolute atomic E-state index is 13.5. The van der Waals surface area contributed by atoms with E-state index in [2.05, 4.69) is 25.1 Å². The van der Waals surface area contributed by atoms with Crippen molar-refractivity contribution in [2.45, 2.75) is 32.3 Å². The molecule has 0 fully saturated rings. The summed E-state index contributed by atoms with van der Waals surface area (Å²) in [6.45, 7) is 2.05. The van der Waals surface area contributed by atoms with Gasteiger partial charge in [-0.3, -0.25) is 0 Å². The number of rotatable bonds is 5. The van der Waals surface area contributed by atoms with Crippen LogP contribution in [0.3, 0.4) is 0 Å². The minimum absolute atomic E-state index is 0.239. The van der Waals surface area contributed by atoms with Gasteiger partial charge in [-0.05, 0) is 37.0 Å². The molecular formula is C17H19FO. The molecule has 1 nitrogen and oxygen atoms in total. The second-order valence-electron chi connectivity index (χ2n) is 4.98. The first-order chi connectivity index (χ1) is 9.15. The number of hydrogen-bond donors (Lipinski definition) is 1. The van der Waals surface area contributed by atoms with Gasteiger partial charge in [-0.1, -0.05) is 48.0 Å². The molecule has 19 heavy (non-hydrogen) atoms. The van der Waals surface area contributed by atoms with Gasteiger partial charge in [0, 0.05) is 6.42 Å². The Labute approximate surface area is 113 Å². The highest BCUT2D eigenvalue weighted by molar-refractivity contribution is 5.22. The second-order valence-corrected chi connectivity index (χ2v) is 4.98. The Kier molecular flexibility index (Phi) is 4.69. The van der Waals surface area contributed by atoms with Crippen molar-refractivity contribution >= 4 is 0 Å². The van der Waals surface area contributed by atoms with Gasteiger partial charge in [0.05, 0.1) is 6.10 Å². The molecule has 1 N–H and O–H groups in total. The molecule has 2 heteroatoms. The van der Waals surface area contributed by atoms with Crippen molar-refractivity contribution in [3.63, 3.8) is 0 Å². The van der Waals surface area contributed by atoms with Gasteiger partial charge in [0.1, 0.15) is 5.82 Å². The molecule has 0 aliphatic heterocycles. The molecule has 0 aliphatic rings. The van der Waals surface area contributed by atoms with Crippen LogP contribution in [0.25, 0.3) is 0 Å². The lowest BCUT2D eigenvalue weighted by Gasteiger charge is -2.11. The van der Waals surface area contributed by atoms with Crippen LogP contribution in [0.5, 0.6) is 0 Å². The van der Waals surface area contributed by atoms with Crippen LogP contribution < -0.4 is 0 Å². The summed E-state index contributed by atoms with van der Waals surface area (Å²) in [5, 5.41) is 9.99. The zero-order chi connectivity index (χ0) is 13.7. The van der Waals surface area contributed by atoms with E-state index in [1.807, 2.05) is 6.07 Å². The minimum Gasteiger partial charge on any atom is -0.393 e. The third-order valence-corrected chi connectivity index (χ3v) is 3.26. The summed E-state index contributed by atoms with van der Waals surface area (Å²) in [7, 11) is 0. The van der Waals surface area contributed by atoms with Gasteiger partial charge in [-0.25, -0.2) is 4.39 Å². The van der Waals surface area contributed by atoms with E-state index in [1.54, 1.807) is 18.2 Å². The molecule has 2 aromatic carbocycles. The van der Waals surface area contributed by atoms with Gasteiger partial charge < -0.3 is 5.11 Å². The Hall–Kier alpha value is -1.67. The van der Waals surface area contributed by atoms with Gasteiger partial charge in [0.25, 0.3) is 0 Å². The normalized spacial score (nSPS) is 12.4. The minimum atomic E-state index is -0.502. The van der Waals surface area contributed by atoms with E-state index in [0.29, 0.717) is 18.4 Å². The van der Waals surface area contributed by atoms with Crippen LogP contribution >= 0.6 is 0 Å². The van der Waals surface area contributed by atoms with Crippen LogP contribution in [-0.2, 0) is 12.8 Å². The topological polar surface area (TPSA) is 20.2 Å². The fraction of sp³-hybridized carbons (Fsp3) is 0.294. The number of aliphatic hydroxyl groups excluding tert-OH is 1. The van der Waals surface area contributed by atoms with Crippen molar-refractivity contribution in [1.29, 1.82) is 0 Å². The highest BCUT2D eigenvalue weighted by Gasteiger charge is 2.09. The molecule has 0 radical (unpaired) electrons. The number of hydrogen-bond acceptors (Lipinski definition) is 1. The standard InChI is InChI=1S/C17H19FO/c1-13-5-4-6-14(11-13)9-10-16(19)12-15-7-2-3-8-17(15)18/h2-8,11,16,19H,9-10,12H2,1H3. The molecule has 2 rings (SSSR count). The van der Waals surface area contributed by atoms with Gasteiger partial charge in [0.15, 0.2) is 0 Å². The summed E-state index contributed by atoms with van der Waals surface area (Å²) in [4.78, 5) is 0. The van der Waals surface area contributed by atoms with E-state index in [1.165, 1.54) is 17.2 Å². The molecule has 0 saturated carbocycles. The van der Waals surface area contributed by atoms with Crippen molar-refractivity contribution in [2.24, 2.45) is 0 Å². The van der Waals surface area contributed by atoms with Crippen LogP contribution in [0.1, 0.15) is 23.1 Å². The summed E-state index contributed by atoms with van der Waals surface area (Å²) in [6.07, 6.45) is 1.34. The van der Waals surface area contributed by atoms with Gasteiger partial charge in [-0.15, -0.1) is 0 Å². The molecule has 0 bridgehead atoms. The molecule has 0 saturated heterocycles. The first kappa shape index (κ1) is 13.8. The number of aryl methyl sites for hydroxylation is 2. The van der Waals surface area contributed by atoms with Crippen molar-refractivity contribution in [1.82, 2.24) is 0 Å². The molecule has 0 spiro atoms. The Balaban J connectivity index is 1.88. The Morgan fingerprint density at radius 2 is 1.89 bits per heavy atom. The number of aliphatic hydroxyl groups is 1. The average Bonchev–Trinajstić information content (AvgIpc) is 2.39. The molecule has 0 amide bonds. The van der Waals surface area contributed by atoms with Gasteiger partial charge in [0.2, 0.25) is 0 Å². The first-order valence-electron chi connectivity index (χ1n) is 6.62. The van der Waals surface area contributed by atoms with Crippen molar-refractivity contribution < 1.29 is 9.50 Å². The third kappa shape index (κ3) is 4.18. The number of halogens is 1. The average molecular weight is 258 g/mol. The lowest BCUT2D eigenvalue weighted by atomic mass is 10.0. The predicted molar refractivity (Wildman–Crippen MR) is 75.6 cm³/mol. The van der Waals surface area contributed by atoms with Crippen LogP contribution in [0, 0.1) is 12.7 Å². The Bertz CT molecular complexity index is 536. The molecule has 0 heterocycles. The lowest BCUT2D eigenvalue weighted by molar-refractivity contribution is 0.164. The van der Waals surface area contributed by atoms with Crippen molar-refractivity contribution in [3.05, 3.63) is 71.0 Å². The SMILES string of the molecule is Cc1cccc(CCC(O)Cc2ccccc2F)c1. The predicted octanol–water partition coefficient (Wildman–Crippen LogP) is 3.67. The number of benzene rings is 2. The first-order valence-corrected chi connectivity index (χ1v) is 6.62. The van der Waals surface area contributed by atoms with E-state index in [9.17, 15) is 9.50 Å². The molecule has 0 aliphatic carbocycles. The molecular weight excluding hydrogens is 239 g/mol. The van der Waals surface area contributed by atoms with E-state index < -0.39 is 6.10 Å². The summed E-state index contributed by atoms with van der Waals surface area (Å²) < 4.78 is 13.5. The molecule has 1 atom stereocenters. The maximum Gasteiger partial charge on any atom is 0.126 e. The Morgan fingerprint density at radius 1 is 1.11 bits per heavy atom. The summed E-state index contributed by atoms with van der Waals surface area (Å²) in [5.74, 6) is -0.239. The van der Waals surface area contributed by atoms with Gasteiger partial charge >= 0.3 is 0 Å². The van der Waals surface area contributed by atoms with E-state index in [4.69, 9.17) is 0 Å². The lowest BCUT2D eigenvalue weighted by Crippen LogP contribution is -2.12. The quantitative estimate of drug-likeness (QED) is 0.867. The monoisotopic (exact) mass is 258 g/mol. The second kappa shape index (κ2) is 6.48. The van der Waals surface area contributed by atoms with Crippen LogP contribution in [-0.4, -0.2) is 11.2 Å². The van der Waals surface area contributed by atoms with Crippen molar-refractivity contribution in [2.75, 3.05) is 0 Å². The fourth-order valence-corrected chi connectivity index (χ4v) is 2.22. The van der Waals surface area contributed by atoms with E-state index >= 15 is 0 Å². The third-order valence-electron chi connectivity index (χ3n) is 3.26. The van der Waals surface area contributed by atoms with Gasteiger partial charge in [-0.2, -0.15) is 0 Å². The summed E-state index contributed by atoms with van der Waals surface area (Å²) in [6, 6.07) is 14.9. The molecule has 1 unspecified atom stereocenters. The van der Waals surface area contributed by atoms with Crippen LogP contribution in [0.15, 0.2) is 48.5 Å². The Morgan fingerprint density at radius 3 is 2.63 bits per heavy atom. The largest absolute Gasteiger partial charge is 0.393 e.